The molecule has 3 aromatic heterocycles. The van der Waals surface area contributed by atoms with Crippen molar-refractivity contribution in [2.75, 3.05) is 53.6 Å². The Morgan fingerprint density at radius 3 is 2.71 bits per heavy atom. The first kappa shape index (κ1) is 25.9. The van der Waals surface area contributed by atoms with Gasteiger partial charge in [0, 0.05) is 17.9 Å². The topological polar surface area (TPSA) is 126 Å². The highest BCUT2D eigenvalue weighted by Gasteiger charge is 2.21. The Balaban J connectivity index is 1.37. The van der Waals surface area contributed by atoms with Crippen molar-refractivity contribution in [1.29, 1.82) is 0 Å². The minimum atomic E-state index is -0.115. The van der Waals surface area contributed by atoms with Crippen LogP contribution in [0.4, 0.5) is 0 Å². The van der Waals surface area contributed by atoms with E-state index in [1.165, 1.54) is 4.90 Å². The molecule has 202 valence electrons. The number of pyridine rings is 1. The number of fused-ring (bicyclic) bond motifs is 1. The maximum absolute atomic E-state index is 13.1. The zero-order valence-electron chi connectivity index (χ0n) is 21.9. The molecule has 1 unspecified atom stereocenters. The summed E-state index contributed by atoms with van der Waals surface area (Å²) in [6.07, 6.45) is 2.66. The van der Waals surface area contributed by atoms with Gasteiger partial charge in [-0.05, 0) is 34.7 Å². The third-order valence-electron chi connectivity index (χ3n) is 7.03. The number of benzene rings is 1. The van der Waals surface area contributed by atoms with E-state index < -0.39 is 0 Å². The molecule has 1 aliphatic rings. The van der Waals surface area contributed by atoms with Crippen molar-refractivity contribution >= 4 is 10.9 Å². The van der Waals surface area contributed by atoms with Crippen LogP contribution in [0.15, 0.2) is 45.8 Å². The predicted molar refractivity (Wildman–Crippen MR) is 138 cm³/mol. The van der Waals surface area contributed by atoms with Crippen molar-refractivity contribution in [2.24, 2.45) is 0 Å². The lowest BCUT2D eigenvalue weighted by Crippen LogP contribution is -3.15. The van der Waals surface area contributed by atoms with E-state index in [1.54, 1.807) is 36.1 Å². The standard InChI is InChI=1S/C26H33N7O5/c1-35-23-14-19-13-20(26(34)27-22(19)15-24(23)36-2)16-32(7-4-6-31-8-11-37-12-9-31)18-25-28-29-30-33(25)17-21-5-3-10-38-21/h3,5,10,13-15H,4,6-9,11-12,16-18H2,1-2H3,(H,27,34)/p+2. The Morgan fingerprint density at radius 2 is 1.95 bits per heavy atom. The van der Waals surface area contributed by atoms with Crippen LogP contribution >= 0.6 is 0 Å². The average molecular weight is 526 g/mol. The summed E-state index contributed by atoms with van der Waals surface area (Å²) >= 11 is 0. The predicted octanol–water partition coefficient (Wildman–Crippen LogP) is -0.937. The van der Waals surface area contributed by atoms with Gasteiger partial charge in [-0.15, -0.1) is 5.10 Å². The number of H-pyrrole nitrogens is 1. The number of hydrogen-bond acceptors (Lipinski definition) is 8. The highest BCUT2D eigenvalue weighted by atomic mass is 16.5. The summed E-state index contributed by atoms with van der Waals surface area (Å²) in [6.45, 7) is 7.21. The maximum atomic E-state index is 13.1. The molecule has 12 heteroatoms. The van der Waals surface area contributed by atoms with Crippen LogP contribution in [0.3, 0.4) is 0 Å². The lowest BCUT2D eigenvalue weighted by atomic mass is 10.1. The van der Waals surface area contributed by atoms with Gasteiger partial charge >= 0.3 is 0 Å². The molecule has 0 saturated carbocycles. The van der Waals surface area contributed by atoms with E-state index in [9.17, 15) is 4.79 Å². The molecule has 0 amide bonds. The van der Waals surface area contributed by atoms with Crippen LogP contribution in [-0.2, 0) is 24.4 Å². The van der Waals surface area contributed by atoms with Crippen molar-refractivity contribution in [2.45, 2.75) is 26.1 Å². The molecular weight excluding hydrogens is 490 g/mol. The Bertz CT molecular complexity index is 1380. The number of nitrogens with zero attached hydrogens (tertiary/aromatic N) is 4. The summed E-state index contributed by atoms with van der Waals surface area (Å²) in [5.74, 6) is 2.72. The van der Waals surface area contributed by atoms with Crippen molar-refractivity contribution in [3.8, 4) is 11.5 Å². The van der Waals surface area contributed by atoms with Gasteiger partial charge in [-0.2, -0.15) is 0 Å². The van der Waals surface area contributed by atoms with Gasteiger partial charge < -0.3 is 33.4 Å². The van der Waals surface area contributed by atoms with Gasteiger partial charge in [0.15, 0.2) is 11.5 Å². The van der Waals surface area contributed by atoms with E-state index in [4.69, 9.17) is 18.6 Å². The summed E-state index contributed by atoms with van der Waals surface area (Å²) in [7, 11) is 3.18. The second-order valence-electron chi connectivity index (χ2n) is 9.57. The van der Waals surface area contributed by atoms with Crippen LogP contribution in [-0.4, -0.2) is 78.8 Å². The average Bonchev–Trinajstić information content (AvgIpc) is 3.61. The molecular formula is C26H35N7O5+2. The molecule has 38 heavy (non-hydrogen) atoms. The molecule has 4 heterocycles. The van der Waals surface area contributed by atoms with Crippen LogP contribution in [0.2, 0.25) is 0 Å². The van der Waals surface area contributed by atoms with Crippen molar-refractivity contribution in [1.82, 2.24) is 25.2 Å². The van der Waals surface area contributed by atoms with E-state index in [-0.39, 0.29) is 5.56 Å². The van der Waals surface area contributed by atoms with E-state index in [1.807, 2.05) is 24.3 Å². The maximum Gasteiger partial charge on any atom is 0.257 e. The quantitative estimate of drug-likeness (QED) is 0.217. The van der Waals surface area contributed by atoms with Crippen LogP contribution in [0.1, 0.15) is 23.6 Å². The molecule has 0 bridgehead atoms. The number of aromatic nitrogens is 5. The van der Waals surface area contributed by atoms with Gasteiger partial charge in [-0.3, -0.25) is 4.79 Å². The molecule has 3 N–H and O–H groups in total. The molecule has 0 spiro atoms. The van der Waals surface area contributed by atoms with E-state index in [0.29, 0.717) is 42.2 Å². The normalized spacial score (nSPS) is 15.1. The first-order valence-corrected chi connectivity index (χ1v) is 12.9. The first-order chi connectivity index (χ1) is 18.6. The number of nitrogens with one attached hydrogen (secondary N) is 3. The van der Waals surface area contributed by atoms with Gasteiger partial charge in [0.25, 0.3) is 5.56 Å². The summed E-state index contributed by atoms with van der Waals surface area (Å²) < 4.78 is 23.6. The number of hydrogen-bond donors (Lipinski definition) is 3. The van der Waals surface area contributed by atoms with Gasteiger partial charge in [-0.25, -0.2) is 4.68 Å². The van der Waals surface area contributed by atoms with Crippen molar-refractivity contribution in [3.05, 3.63) is 64.1 Å². The zero-order valence-corrected chi connectivity index (χ0v) is 21.9. The Kier molecular flexibility index (Phi) is 8.31. The SMILES string of the molecule is COc1cc2cc(C[NH+](CCC[NH+]3CCOCC3)Cc3nnnn3Cc3ccco3)c(=O)[nH]c2cc1OC. The third-order valence-corrected chi connectivity index (χ3v) is 7.03. The van der Waals surface area contributed by atoms with Crippen LogP contribution in [0, 0.1) is 0 Å². The summed E-state index contributed by atoms with van der Waals surface area (Å²) in [5.41, 5.74) is 1.29. The van der Waals surface area contributed by atoms with E-state index in [0.717, 1.165) is 62.8 Å². The van der Waals surface area contributed by atoms with E-state index >= 15 is 0 Å². The molecule has 1 fully saturated rings. The minimum absolute atomic E-state index is 0.115. The number of rotatable bonds is 12. The Labute approximate surface area is 220 Å². The van der Waals surface area contributed by atoms with Gasteiger partial charge in [-0.1, -0.05) is 0 Å². The molecule has 4 aromatic rings. The second-order valence-corrected chi connectivity index (χ2v) is 9.57. The molecule has 1 atom stereocenters. The number of furan rings is 1. The molecule has 1 saturated heterocycles. The summed E-state index contributed by atoms with van der Waals surface area (Å²) in [4.78, 5) is 18.9. The molecule has 1 aromatic carbocycles. The highest BCUT2D eigenvalue weighted by molar-refractivity contribution is 5.83. The number of tetrazole rings is 1. The number of ether oxygens (including phenoxy) is 3. The number of aromatic amines is 1. The highest BCUT2D eigenvalue weighted by Crippen LogP contribution is 2.30. The lowest BCUT2D eigenvalue weighted by molar-refractivity contribution is -0.939. The Hall–Kier alpha value is -3.74. The lowest BCUT2D eigenvalue weighted by Gasteiger charge is -2.25. The minimum Gasteiger partial charge on any atom is -0.493 e. The second kappa shape index (κ2) is 12.2. The Morgan fingerprint density at radius 1 is 1.13 bits per heavy atom. The van der Waals surface area contributed by atoms with Gasteiger partial charge in [0.2, 0.25) is 5.82 Å². The van der Waals surface area contributed by atoms with Crippen LogP contribution in [0.25, 0.3) is 10.9 Å². The molecule has 5 rings (SSSR count). The molecule has 0 aliphatic carbocycles. The molecule has 12 nitrogen and oxygen atoms in total. The largest absolute Gasteiger partial charge is 0.493 e. The fourth-order valence-corrected chi connectivity index (χ4v) is 4.96. The zero-order chi connectivity index (χ0) is 26.3. The first-order valence-electron chi connectivity index (χ1n) is 12.9. The number of methoxy groups -OCH3 is 2. The van der Waals surface area contributed by atoms with Crippen LogP contribution < -0.4 is 24.8 Å². The fourth-order valence-electron chi connectivity index (χ4n) is 4.96. The monoisotopic (exact) mass is 525 g/mol. The van der Waals surface area contributed by atoms with Crippen LogP contribution in [0.5, 0.6) is 11.5 Å². The fraction of sp³-hybridized carbons (Fsp3) is 0.462. The smallest absolute Gasteiger partial charge is 0.257 e. The molecule has 0 radical (unpaired) electrons. The third kappa shape index (κ3) is 6.21. The number of quaternary nitrogens is 2. The van der Waals surface area contributed by atoms with E-state index in [2.05, 4.69) is 20.5 Å². The summed E-state index contributed by atoms with van der Waals surface area (Å²) in [5, 5.41) is 13.3. The summed E-state index contributed by atoms with van der Waals surface area (Å²) in [6, 6.07) is 9.37. The van der Waals surface area contributed by atoms with Gasteiger partial charge in [0.05, 0.1) is 57.9 Å². The van der Waals surface area contributed by atoms with Crippen molar-refractivity contribution in [3.63, 3.8) is 0 Å². The van der Waals surface area contributed by atoms with Gasteiger partial charge in [0.1, 0.15) is 38.5 Å². The number of morpholine rings is 1. The molecule has 1 aliphatic heterocycles. The van der Waals surface area contributed by atoms with Crippen molar-refractivity contribution < 1.29 is 28.4 Å².